The third-order valence-corrected chi connectivity index (χ3v) is 9.01. The lowest BCUT2D eigenvalue weighted by Crippen LogP contribution is -2.85. The lowest BCUT2D eigenvalue weighted by atomic mass is 9.40. The van der Waals surface area contributed by atoms with Crippen molar-refractivity contribution in [1.29, 1.82) is 0 Å². The Morgan fingerprint density at radius 2 is 1.52 bits per heavy atom. The number of hydrogen-bond acceptors (Lipinski definition) is 3. The maximum atomic E-state index is 11.9. The summed E-state index contributed by atoms with van der Waals surface area (Å²) in [7, 11) is 0. The van der Waals surface area contributed by atoms with Crippen molar-refractivity contribution >= 4 is 0 Å². The highest BCUT2D eigenvalue weighted by Crippen LogP contribution is 2.77. The Balaban J connectivity index is 1.58. The monoisotopic (exact) mass is 318 g/mol. The molecule has 5 bridgehead atoms. The molecular weight excluding hydrogens is 288 g/mol. The van der Waals surface area contributed by atoms with Crippen LogP contribution in [0.4, 0.5) is 0 Å². The number of ether oxygens (including phenoxy) is 2. The van der Waals surface area contributed by atoms with E-state index in [1.165, 1.54) is 57.8 Å². The summed E-state index contributed by atoms with van der Waals surface area (Å²) in [6, 6.07) is 0. The van der Waals surface area contributed by atoms with Gasteiger partial charge >= 0.3 is 0 Å². The Labute approximate surface area is 139 Å². The molecule has 4 aliphatic carbocycles. The molecular formula is C20H30O3. The average molecular weight is 318 g/mol. The van der Waals surface area contributed by atoms with Gasteiger partial charge in [0.05, 0.1) is 11.0 Å². The molecule has 0 radical (unpaired) electrons. The van der Waals surface area contributed by atoms with Crippen molar-refractivity contribution in [2.45, 2.75) is 101 Å². The zero-order chi connectivity index (χ0) is 15.3. The second-order valence-corrected chi connectivity index (χ2v) is 9.60. The summed E-state index contributed by atoms with van der Waals surface area (Å²) < 4.78 is 13.8. The molecule has 3 spiro atoms. The van der Waals surface area contributed by atoms with Crippen molar-refractivity contribution in [3.05, 3.63) is 0 Å². The molecule has 128 valence electrons. The van der Waals surface area contributed by atoms with E-state index < -0.39 is 11.6 Å². The van der Waals surface area contributed by atoms with E-state index in [9.17, 15) is 5.11 Å². The van der Waals surface area contributed by atoms with E-state index >= 15 is 0 Å². The summed E-state index contributed by atoms with van der Waals surface area (Å²) in [6.45, 7) is 0. The van der Waals surface area contributed by atoms with Gasteiger partial charge < -0.3 is 14.6 Å². The van der Waals surface area contributed by atoms with E-state index in [2.05, 4.69) is 0 Å². The third-order valence-electron chi connectivity index (χ3n) is 9.01. The topological polar surface area (TPSA) is 38.7 Å². The fraction of sp³-hybridized carbons (Fsp3) is 1.00. The second kappa shape index (κ2) is 4.16. The van der Waals surface area contributed by atoms with Crippen LogP contribution in [0.1, 0.15) is 83.5 Å². The Morgan fingerprint density at radius 3 is 2.43 bits per heavy atom. The molecule has 7 fully saturated rings. The minimum Gasteiger partial charge on any atom is -0.365 e. The Morgan fingerprint density at radius 1 is 0.739 bits per heavy atom. The molecule has 0 aromatic rings. The molecule has 3 saturated heterocycles. The van der Waals surface area contributed by atoms with Crippen LogP contribution >= 0.6 is 0 Å². The van der Waals surface area contributed by atoms with Crippen LogP contribution in [-0.4, -0.2) is 22.3 Å². The first-order valence-corrected chi connectivity index (χ1v) is 10.3. The molecule has 0 unspecified atom stereocenters. The van der Waals surface area contributed by atoms with Gasteiger partial charge in [-0.25, -0.2) is 0 Å². The highest BCUT2D eigenvalue weighted by molar-refractivity contribution is 5.25. The fourth-order valence-electron chi connectivity index (χ4n) is 8.27. The van der Waals surface area contributed by atoms with Crippen LogP contribution in [0.5, 0.6) is 0 Å². The summed E-state index contributed by atoms with van der Waals surface area (Å²) in [5.41, 5.74) is -0.168. The molecule has 23 heavy (non-hydrogen) atoms. The van der Waals surface area contributed by atoms with E-state index in [4.69, 9.17) is 9.47 Å². The van der Waals surface area contributed by atoms with Crippen molar-refractivity contribution in [3.63, 3.8) is 0 Å². The standard InChI is InChI=1S/C20H30O3/c21-20-15-8-5-9-17(20)13-16-7-2-4-11-19(16,23-20)22-18(17)10-3-1-6-14(18)12-15/h14-16,21H,1-13H2/t14-,15+,16+,17-,18-,19+,20-/m1/s1. The van der Waals surface area contributed by atoms with Crippen LogP contribution in [0.2, 0.25) is 0 Å². The van der Waals surface area contributed by atoms with E-state index in [1.807, 2.05) is 0 Å². The van der Waals surface area contributed by atoms with Crippen molar-refractivity contribution < 1.29 is 14.6 Å². The maximum Gasteiger partial charge on any atom is 0.180 e. The molecule has 3 heteroatoms. The second-order valence-electron chi connectivity index (χ2n) is 9.60. The van der Waals surface area contributed by atoms with Gasteiger partial charge in [0.25, 0.3) is 0 Å². The molecule has 7 aliphatic rings. The van der Waals surface area contributed by atoms with Crippen LogP contribution in [0.3, 0.4) is 0 Å². The Bertz CT molecular complexity index is 549. The zero-order valence-electron chi connectivity index (χ0n) is 14.2. The van der Waals surface area contributed by atoms with Gasteiger partial charge in [0.2, 0.25) is 0 Å². The van der Waals surface area contributed by atoms with Crippen molar-refractivity contribution in [3.8, 4) is 0 Å². The number of hydrogen-bond donors (Lipinski definition) is 1. The quantitative estimate of drug-likeness (QED) is 0.730. The minimum atomic E-state index is -0.884. The van der Waals surface area contributed by atoms with E-state index in [0.717, 1.165) is 25.7 Å². The summed E-state index contributed by atoms with van der Waals surface area (Å²) in [5, 5.41) is 11.9. The number of aliphatic hydroxyl groups is 1. The first-order valence-electron chi connectivity index (χ1n) is 10.3. The SMILES string of the molecule is O[C@]12O[C@@]34CCCC[C@H]3C[C@@]13CCC[C@H]2C[C@H]1CCCC[C@@]13O4. The average Bonchev–Trinajstić information content (AvgIpc) is 2.52. The highest BCUT2D eigenvalue weighted by atomic mass is 16.8. The number of rotatable bonds is 0. The first kappa shape index (κ1) is 14.1. The van der Waals surface area contributed by atoms with Crippen LogP contribution in [0.15, 0.2) is 0 Å². The van der Waals surface area contributed by atoms with Gasteiger partial charge in [0.15, 0.2) is 11.6 Å². The lowest BCUT2D eigenvalue weighted by Gasteiger charge is -2.79. The van der Waals surface area contributed by atoms with Crippen LogP contribution in [0, 0.1) is 23.2 Å². The highest BCUT2D eigenvalue weighted by Gasteiger charge is 2.82. The zero-order valence-corrected chi connectivity index (χ0v) is 14.2. The molecule has 3 heterocycles. The van der Waals surface area contributed by atoms with Crippen molar-refractivity contribution in [2.24, 2.45) is 23.2 Å². The summed E-state index contributed by atoms with van der Waals surface area (Å²) >= 11 is 0. The molecule has 3 aliphatic heterocycles. The van der Waals surface area contributed by atoms with Crippen LogP contribution in [-0.2, 0) is 9.47 Å². The molecule has 0 amide bonds. The lowest BCUT2D eigenvalue weighted by molar-refractivity contribution is -0.565. The predicted molar refractivity (Wildman–Crippen MR) is 85.5 cm³/mol. The van der Waals surface area contributed by atoms with Crippen molar-refractivity contribution in [2.75, 3.05) is 0 Å². The van der Waals surface area contributed by atoms with Gasteiger partial charge in [-0.1, -0.05) is 25.7 Å². The molecule has 7 rings (SSSR count). The molecule has 0 aromatic heterocycles. The molecule has 1 N–H and O–H groups in total. The molecule has 0 aromatic carbocycles. The van der Waals surface area contributed by atoms with Gasteiger partial charge in [-0.2, -0.15) is 0 Å². The third kappa shape index (κ3) is 1.36. The van der Waals surface area contributed by atoms with Gasteiger partial charge in [-0.15, -0.1) is 0 Å². The predicted octanol–water partition coefficient (Wildman–Crippen LogP) is 4.13. The summed E-state index contributed by atoms with van der Waals surface area (Å²) in [4.78, 5) is 0. The molecule has 7 atom stereocenters. The molecule has 4 saturated carbocycles. The van der Waals surface area contributed by atoms with E-state index in [-0.39, 0.29) is 11.0 Å². The Hall–Kier alpha value is -0.120. The maximum absolute atomic E-state index is 11.9. The minimum absolute atomic E-state index is 0.0665. The Kier molecular flexibility index (Phi) is 2.55. The largest absolute Gasteiger partial charge is 0.365 e. The first-order chi connectivity index (χ1) is 11.1. The van der Waals surface area contributed by atoms with Crippen molar-refractivity contribution in [1.82, 2.24) is 0 Å². The summed E-state index contributed by atoms with van der Waals surface area (Å²) in [6.07, 6.45) is 15.7. The van der Waals surface area contributed by atoms with E-state index in [0.29, 0.717) is 17.8 Å². The van der Waals surface area contributed by atoms with Crippen LogP contribution in [0.25, 0.3) is 0 Å². The van der Waals surface area contributed by atoms with E-state index in [1.54, 1.807) is 0 Å². The normalized spacial score (nSPS) is 63.3. The smallest absolute Gasteiger partial charge is 0.180 e. The fourth-order valence-corrected chi connectivity index (χ4v) is 8.27. The summed E-state index contributed by atoms with van der Waals surface area (Å²) in [5.74, 6) is 0.231. The van der Waals surface area contributed by atoms with Gasteiger partial charge in [0, 0.05) is 18.3 Å². The van der Waals surface area contributed by atoms with Gasteiger partial charge in [-0.05, 0) is 57.3 Å². The van der Waals surface area contributed by atoms with Gasteiger partial charge in [-0.3, -0.25) is 0 Å². The molecule has 3 nitrogen and oxygen atoms in total. The van der Waals surface area contributed by atoms with Crippen LogP contribution < -0.4 is 0 Å². The van der Waals surface area contributed by atoms with Gasteiger partial charge in [0.1, 0.15) is 0 Å².